The van der Waals surface area contributed by atoms with Gasteiger partial charge in [-0.15, -0.1) is 0 Å². The Hall–Kier alpha value is -2.76. The Kier molecular flexibility index (Phi) is 3.82. The summed E-state index contributed by atoms with van der Waals surface area (Å²) in [4.78, 5) is 27.5. The molecule has 0 N–H and O–H groups in total. The number of carbonyl (C=O) groups is 1. The van der Waals surface area contributed by atoms with Crippen LogP contribution in [0, 0.1) is 20.8 Å². The maximum atomic E-state index is 12.8. The van der Waals surface area contributed by atoms with Gasteiger partial charge < -0.3 is 4.90 Å². The maximum absolute atomic E-state index is 12.8. The van der Waals surface area contributed by atoms with E-state index in [4.69, 9.17) is 0 Å². The molecule has 118 valence electrons. The van der Waals surface area contributed by atoms with Crippen LogP contribution in [0.15, 0.2) is 30.6 Å². The molecule has 3 rings (SSSR count). The van der Waals surface area contributed by atoms with Crippen molar-refractivity contribution in [3.63, 3.8) is 0 Å². The predicted molar refractivity (Wildman–Crippen MR) is 87.2 cm³/mol. The lowest BCUT2D eigenvalue weighted by atomic mass is 10.2. The van der Waals surface area contributed by atoms with Gasteiger partial charge in [-0.1, -0.05) is 0 Å². The first-order chi connectivity index (χ1) is 11.0. The highest BCUT2D eigenvalue weighted by Gasteiger charge is 2.21. The number of pyridine rings is 1. The molecule has 23 heavy (non-hydrogen) atoms. The van der Waals surface area contributed by atoms with Crippen molar-refractivity contribution in [3.8, 4) is 0 Å². The van der Waals surface area contributed by atoms with Crippen LogP contribution in [0.2, 0.25) is 0 Å². The molecule has 0 unspecified atom stereocenters. The van der Waals surface area contributed by atoms with E-state index in [1.54, 1.807) is 34.8 Å². The van der Waals surface area contributed by atoms with Gasteiger partial charge in [-0.25, -0.2) is 9.97 Å². The van der Waals surface area contributed by atoms with E-state index in [9.17, 15) is 4.79 Å². The minimum absolute atomic E-state index is 0.0936. The van der Waals surface area contributed by atoms with E-state index in [0.29, 0.717) is 23.7 Å². The van der Waals surface area contributed by atoms with Crippen LogP contribution in [-0.2, 0) is 6.54 Å². The highest BCUT2D eigenvalue weighted by Crippen LogP contribution is 2.14. The van der Waals surface area contributed by atoms with Gasteiger partial charge in [-0.05, 0) is 44.5 Å². The van der Waals surface area contributed by atoms with Gasteiger partial charge in [0.05, 0.1) is 17.9 Å². The highest BCUT2D eigenvalue weighted by molar-refractivity contribution is 5.94. The fraction of sp³-hybridized carbons (Fsp3) is 0.294. The van der Waals surface area contributed by atoms with Gasteiger partial charge in [-0.2, -0.15) is 0 Å². The molecule has 0 aliphatic heterocycles. The third-order valence-electron chi connectivity index (χ3n) is 3.68. The van der Waals surface area contributed by atoms with Crippen molar-refractivity contribution in [1.82, 2.24) is 24.3 Å². The lowest BCUT2D eigenvalue weighted by Gasteiger charge is -2.17. The summed E-state index contributed by atoms with van der Waals surface area (Å²) in [5, 5.41) is 0. The summed E-state index contributed by atoms with van der Waals surface area (Å²) in [5.74, 6) is 0.440. The standard InChI is InChI=1S/C17H19N5O/c1-11-8-12(2)19-14(9-11)10-21(4)16(23)15-13(3)20-17-18-6-5-7-22(15)17/h5-9H,10H2,1-4H3. The minimum Gasteiger partial charge on any atom is -0.334 e. The molecule has 0 spiro atoms. The van der Waals surface area contributed by atoms with E-state index >= 15 is 0 Å². The Bertz CT molecular complexity index is 864. The zero-order chi connectivity index (χ0) is 16.6. The number of hydrogen-bond donors (Lipinski definition) is 0. The molecule has 0 fully saturated rings. The summed E-state index contributed by atoms with van der Waals surface area (Å²) >= 11 is 0. The Morgan fingerprint density at radius 2 is 2.00 bits per heavy atom. The predicted octanol–water partition coefficient (Wildman–Crippen LogP) is 2.32. The van der Waals surface area contributed by atoms with Crippen molar-refractivity contribution < 1.29 is 4.79 Å². The van der Waals surface area contributed by atoms with Crippen LogP contribution in [0.1, 0.15) is 33.1 Å². The van der Waals surface area contributed by atoms with Crippen LogP contribution in [0.3, 0.4) is 0 Å². The molecule has 0 bridgehead atoms. The van der Waals surface area contributed by atoms with Crippen molar-refractivity contribution in [3.05, 3.63) is 58.9 Å². The van der Waals surface area contributed by atoms with Crippen LogP contribution in [-0.4, -0.2) is 37.2 Å². The van der Waals surface area contributed by atoms with Crippen molar-refractivity contribution in [2.24, 2.45) is 0 Å². The van der Waals surface area contributed by atoms with E-state index < -0.39 is 0 Å². The molecular weight excluding hydrogens is 290 g/mol. The molecule has 0 aromatic carbocycles. The first-order valence-corrected chi connectivity index (χ1v) is 7.45. The fourth-order valence-corrected chi connectivity index (χ4v) is 2.76. The molecule has 3 aromatic heterocycles. The molecule has 6 nitrogen and oxygen atoms in total. The largest absolute Gasteiger partial charge is 0.334 e. The number of hydrogen-bond acceptors (Lipinski definition) is 4. The average Bonchev–Trinajstić information content (AvgIpc) is 2.81. The number of aryl methyl sites for hydroxylation is 3. The molecule has 0 aliphatic carbocycles. The first-order valence-electron chi connectivity index (χ1n) is 7.45. The van der Waals surface area contributed by atoms with Crippen LogP contribution in [0.4, 0.5) is 0 Å². The van der Waals surface area contributed by atoms with Crippen LogP contribution < -0.4 is 0 Å². The zero-order valence-electron chi connectivity index (χ0n) is 13.7. The van der Waals surface area contributed by atoms with Gasteiger partial charge in [0.1, 0.15) is 5.69 Å². The second-order valence-electron chi connectivity index (χ2n) is 5.77. The van der Waals surface area contributed by atoms with E-state index in [1.165, 1.54) is 0 Å². The zero-order valence-corrected chi connectivity index (χ0v) is 13.7. The number of carbonyl (C=O) groups excluding carboxylic acids is 1. The van der Waals surface area contributed by atoms with E-state index in [1.807, 2.05) is 32.9 Å². The number of imidazole rings is 1. The number of fused-ring (bicyclic) bond motifs is 1. The molecule has 0 radical (unpaired) electrons. The minimum atomic E-state index is -0.0936. The third kappa shape index (κ3) is 2.92. The van der Waals surface area contributed by atoms with Gasteiger partial charge >= 0.3 is 0 Å². The topological polar surface area (TPSA) is 63.4 Å². The third-order valence-corrected chi connectivity index (χ3v) is 3.68. The molecule has 0 saturated carbocycles. The van der Waals surface area contributed by atoms with Crippen molar-refractivity contribution >= 4 is 11.7 Å². The summed E-state index contributed by atoms with van der Waals surface area (Å²) < 4.78 is 1.73. The van der Waals surface area contributed by atoms with Gasteiger partial charge in [0.25, 0.3) is 5.91 Å². The lowest BCUT2D eigenvalue weighted by Crippen LogP contribution is -2.28. The summed E-state index contributed by atoms with van der Waals surface area (Å²) in [6, 6.07) is 5.81. The average molecular weight is 309 g/mol. The van der Waals surface area contributed by atoms with Gasteiger partial charge in [0, 0.05) is 25.1 Å². The van der Waals surface area contributed by atoms with E-state index in [2.05, 4.69) is 15.0 Å². The summed E-state index contributed by atoms with van der Waals surface area (Å²) in [5.41, 5.74) is 4.19. The van der Waals surface area contributed by atoms with Crippen molar-refractivity contribution in [2.75, 3.05) is 7.05 Å². The second kappa shape index (κ2) is 5.79. The number of aromatic nitrogens is 4. The van der Waals surface area contributed by atoms with Gasteiger partial charge in [0.15, 0.2) is 0 Å². The number of rotatable bonds is 3. The Morgan fingerprint density at radius 1 is 1.22 bits per heavy atom. The van der Waals surface area contributed by atoms with Crippen LogP contribution in [0.5, 0.6) is 0 Å². The first kappa shape index (κ1) is 15.1. The normalized spacial score (nSPS) is 11.0. The van der Waals surface area contributed by atoms with Crippen molar-refractivity contribution in [2.45, 2.75) is 27.3 Å². The molecule has 1 amide bonds. The SMILES string of the molecule is Cc1cc(C)nc(CN(C)C(=O)c2c(C)nc3ncccn23)c1. The summed E-state index contributed by atoms with van der Waals surface area (Å²) in [7, 11) is 1.77. The maximum Gasteiger partial charge on any atom is 0.272 e. The molecular formula is C17H19N5O. The highest BCUT2D eigenvalue weighted by atomic mass is 16.2. The molecule has 0 aliphatic rings. The molecule has 6 heteroatoms. The summed E-state index contributed by atoms with van der Waals surface area (Å²) in [6.45, 7) is 6.26. The molecule has 0 atom stereocenters. The Balaban J connectivity index is 1.91. The summed E-state index contributed by atoms with van der Waals surface area (Å²) in [6.07, 6.45) is 3.47. The Morgan fingerprint density at radius 3 is 2.74 bits per heavy atom. The van der Waals surface area contributed by atoms with Gasteiger partial charge in [0.2, 0.25) is 5.78 Å². The van der Waals surface area contributed by atoms with E-state index in [-0.39, 0.29) is 5.91 Å². The lowest BCUT2D eigenvalue weighted by molar-refractivity contribution is 0.0775. The van der Waals surface area contributed by atoms with Crippen molar-refractivity contribution in [1.29, 1.82) is 0 Å². The fourth-order valence-electron chi connectivity index (χ4n) is 2.76. The van der Waals surface area contributed by atoms with Crippen LogP contribution in [0.25, 0.3) is 5.78 Å². The smallest absolute Gasteiger partial charge is 0.272 e. The molecule has 3 heterocycles. The monoisotopic (exact) mass is 309 g/mol. The quantitative estimate of drug-likeness (QED) is 0.745. The Labute approximate surface area is 134 Å². The van der Waals surface area contributed by atoms with E-state index in [0.717, 1.165) is 17.0 Å². The van der Waals surface area contributed by atoms with Crippen LogP contribution >= 0.6 is 0 Å². The molecule has 3 aromatic rings. The van der Waals surface area contributed by atoms with Gasteiger partial charge in [-0.3, -0.25) is 14.2 Å². The molecule has 0 saturated heterocycles. The number of amides is 1. The second-order valence-corrected chi connectivity index (χ2v) is 5.77. The number of nitrogens with zero attached hydrogens (tertiary/aromatic N) is 5.